The zero-order valence-corrected chi connectivity index (χ0v) is 10.9. The van der Waals surface area contributed by atoms with Crippen LogP contribution in [0.25, 0.3) is 0 Å². The lowest BCUT2D eigenvalue weighted by Gasteiger charge is -2.23. The van der Waals surface area contributed by atoms with Gasteiger partial charge in [0.25, 0.3) is 0 Å². The Morgan fingerprint density at radius 1 is 1.20 bits per heavy atom. The van der Waals surface area contributed by atoms with Gasteiger partial charge in [0.05, 0.1) is 4.75 Å². The minimum Gasteiger partial charge on any atom is -0.228 e. The van der Waals surface area contributed by atoms with E-state index in [1.807, 2.05) is 0 Å². The molecule has 0 aliphatic heterocycles. The summed E-state index contributed by atoms with van der Waals surface area (Å²) in [7, 11) is -3.23. The fourth-order valence-electron chi connectivity index (χ4n) is 1.03. The van der Waals surface area contributed by atoms with Gasteiger partial charge >= 0.3 is 0 Å². The van der Waals surface area contributed by atoms with E-state index in [9.17, 15) is 8.42 Å². The van der Waals surface area contributed by atoms with Gasteiger partial charge in [-0.05, 0) is 31.5 Å². The van der Waals surface area contributed by atoms with E-state index in [-0.39, 0.29) is 10.3 Å². The number of pyridine rings is 1. The molecule has 0 saturated carbocycles. The predicted molar refractivity (Wildman–Crippen MR) is 62.1 cm³/mol. The summed E-state index contributed by atoms with van der Waals surface area (Å²) < 4.78 is 22.1. The lowest BCUT2D eigenvalue weighted by Crippen LogP contribution is -2.28. The molecule has 0 N–H and O–H groups in total. The lowest BCUT2D eigenvalue weighted by atomic mass is 10.0. The van der Waals surface area contributed by atoms with Crippen LogP contribution in [0.4, 0.5) is 0 Å². The molecular weight excluding hydrogens is 257 g/mol. The normalized spacial score (nSPS) is 12.9. The van der Waals surface area contributed by atoms with E-state index in [2.05, 4.69) is 4.98 Å². The van der Waals surface area contributed by atoms with Crippen molar-refractivity contribution in [2.45, 2.75) is 18.6 Å². The van der Waals surface area contributed by atoms with Crippen LogP contribution in [0.5, 0.6) is 0 Å². The summed E-state index contributed by atoms with van der Waals surface area (Å²) in [6.07, 6.45) is 1.18. The summed E-state index contributed by atoms with van der Waals surface area (Å²) >= 11 is 11.4. The van der Waals surface area contributed by atoms with E-state index < -0.39 is 14.6 Å². The summed E-state index contributed by atoms with van der Waals surface area (Å²) in [5.74, 6) is 0. The van der Waals surface area contributed by atoms with Crippen LogP contribution in [0.15, 0.2) is 12.1 Å². The van der Waals surface area contributed by atoms with Crippen LogP contribution in [0.3, 0.4) is 0 Å². The predicted octanol–water partition coefficient (Wildman–Crippen LogP) is 2.67. The molecule has 6 heteroatoms. The van der Waals surface area contributed by atoms with Crippen LogP contribution in [-0.4, -0.2) is 19.7 Å². The summed E-state index contributed by atoms with van der Waals surface area (Å²) in [4.78, 5) is 3.77. The number of hydrogen-bond acceptors (Lipinski definition) is 3. The molecule has 0 unspecified atom stereocenters. The molecule has 0 aromatic carbocycles. The first-order valence-corrected chi connectivity index (χ1v) is 6.82. The molecule has 1 aromatic heterocycles. The maximum Gasteiger partial charge on any atom is 0.156 e. The van der Waals surface area contributed by atoms with Crippen molar-refractivity contribution < 1.29 is 8.42 Å². The van der Waals surface area contributed by atoms with E-state index in [1.54, 1.807) is 13.8 Å². The molecule has 0 saturated heterocycles. The third kappa shape index (κ3) is 2.62. The highest BCUT2D eigenvalue weighted by Crippen LogP contribution is 2.31. The van der Waals surface area contributed by atoms with Crippen LogP contribution in [0, 0.1) is 0 Å². The Bertz CT molecular complexity index is 463. The van der Waals surface area contributed by atoms with E-state index >= 15 is 0 Å². The lowest BCUT2D eigenvalue weighted by molar-refractivity contribution is 0.561. The van der Waals surface area contributed by atoms with E-state index in [0.717, 1.165) is 0 Å². The monoisotopic (exact) mass is 267 g/mol. The molecule has 84 valence electrons. The fourth-order valence-corrected chi connectivity index (χ4v) is 2.03. The van der Waals surface area contributed by atoms with Crippen molar-refractivity contribution in [2.75, 3.05) is 6.26 Å². The molecule has 0 aliphatic rings. The minimum absolute atomic E-state index is 0.189. The molecule has 15 heavy (non-hydrogen) atoms. The standard InChI is InChI=1S/C9H11Cl2NO2S/c1-9(2,15(3,13)14)6-4-7(10)12-8(11)5-6/h4-5H,1-3H3. The van der Waals surface area contributed by atoms with Gasteiger partial charge in [0.1, 0.15) is 10.3 Å². The van der Waals surface area contributed by atoms with Gasteiger partial charge in [-0.3, -0.25) is 0 Å². The van der Waals surface area contributed by atoms with Gasteiger partial charge in [0.2, 0.25) is 0 Å². The van der Waals surface area contributed by atoms with Gasteiger partial charge in [-0.2, -0.15) is 0 Å². The Labute approximate surface area is 99.3 Å². The number of hydrogen-bond donors (Lipinski definition) is 0. The van der Waals surface area contributed by atoms with Crippen LogP contribution < -0.4 is 0 Å². The van der Waals surface area contributed by atoms with Crippen molar-refractivity contribution in [2.24, 2.45) is 0 Å². The van der Waals surface area contributed by atoms with Crippen molar-refractivity contribution in [3.05, 3.63) is 28.0 Å². The first-order valence-electron chi connectivity index (χ1n) is 4.18. The number of aromatic nitrogens is 1. The number of halogens is 2. The second-order valence-electron chi connectivity index (χ2n) is 3.78. The average Bonchev–Trinajstić information content (AvgIpc) is 1.99. The van der Waals surface area contributed by atoms with Crippen molar-refractivity contribution in [1.82, 2.24) is 4.98 Å². The van der Waals surface area contributed by atoms with Crippen LogP contribution in [0.1, 0.15) is 19.4 Å². The molecule has 0 aliphatic carbocycles. The number of nitrogens with zero attached hydrogens (tertiary/aromatic N) is 1. The summed E-state index contributed by atoms with van der Waals surface area (Å²) in [6, 6.07) is 3.02. The quantitative estimate of drug-likeness (QED) is 0.775. The zero-order chi connectivity index (χ0) is 11.9. The third-order valence-electron chi connectivity index (χ3n) is 2.39. The Kier molecular flexibility index (Phi) is 3.33. The summed E-state index contributed by atoms with van der Waals surface area (Å²) in [6.45, 7) is 3.20. The first kappa shape index (κ1) is 12.7. The third-order valence-corrected chi connectivity index (χ3v) is 4.86. The second kappa shape index (κ2) is 3.92. The van der Waals surface area contributed by atoms with Crippen LogP contribution >= 0.6 is 23.2 Å². The van der Waals surface area contributed by atoms with E-state index in [1.165, 1.54) is 18.4 Å². The smallest absolute Gasteiger partial charge is 0.156 e. The largest absolute Gasteiger partial charge is 0.228 e. The highest BCUT2D eigenvalue weighted by molar-refractivity contribution is 7.91. The van der Waals surface area contributed by atoms with Gasteiger partial charge in [0, 0.05) is 6.26 Å². The number of rotatable bonds is 2. The molecule has 0 amide bonds. The molecular formula is C9H11Cl2NO2S. The zero-order valence-electron chi connectivity index (χ0n) is 8.58. The van der Waals surface area contributed by atoms with Crippen molar-refractivity contribution >= 4 is 33.0 Å². The van der Waals surface area contributed by atoms with Gasteiger partial charge in [-0.1, -0.05) is 23.2 Å². The molecule has 3 nitrogen and oxygen atoms in total. The highest BCUT2D eigenvalue weighted by atomic mass is 35.5. The molecule has 0 radical (unpaired) electrons. The van der Waals surface area contributed by atoms with E-state index in [4.69, 9.17) is 23.2 Å². The maximum absolute atomic E-state index is 11.6. The van der Waals surface area contributed by atoms with Crippen molar-refractivity contribution in [3.63, 3.8) is 0 Å². The molecule has 0 bridgehead atoms. The Hall–Kier alpha value is -0.320. The van der Waals surface area contributed by atoms with Crippen molar-refractivity contribution in [1.29, 1.82) is 0 Å². The molecule has 1 heterocycles. The van der Waals surface area contributed by atoms with Crippen molar-refractivity contribution in [3.8, 4) is 0 Å². The van der Waals surface area contributed by atoms with Gasteiger partial charge in [0.15, 0.2) is 9.84 Å². The van der Waals surface area contributed by atoms with Gasteiger partial charge < -0.3 is 0 Å². The molecule has 1 aromatic rings. The maximum atomic E-state index is 11.6. The SMILES string of the molecule is CC(C)(c1cc(Cl)nc(Cl)c1)S(C)(=O)=O. The number of sulfone groups is 1. The average molecular weight is 268 g/mol. The first-order chi connectivity index (χ1) is 6.64. The van der Waals surface area contributed by atoms with Gasteiger partial charge in [-0.15, -0.1) is 0 Å². The molecule has 0 spiro atoms. The Morgan fingerprint density at radius 2 is 1.60 bits per heavy atom. The fraction of sp³-hybridized carbons (Fsp3) is 0.444. The van der Waals surface area contributed by atoms with Crippen LogP contribution in [-0.2, 0) is 14.6 Å². The molecule has 0 atom stereocenters. The Morgan fingerprint density at radius 3 is 1.93 bits per heavy atom. The highest BCUT2D eigenvalue weighted by Gasteiger charge is 2.32. The minimum atomic E-state index is -3.23. The summed E-state index contributed by atoms with van der Waals surface area (Å²) in [5, 5.41) is 0.378. The molecule has 1 rings (SSSR count). The van der Waals surface area contributed by atoms with E-state index in [0.29, 0.717) is 5.56 Å². The van der Waals surface area contributed by atoms with Crippen LogP contribution in [0.2, 0.25) is 10.3 Å². The van der Waals surface area contributed by atoms with Gasteiger partial charge in [-0.25, -0.2) is 13.4 Å². The Balaban J connectivity index is 3.40. The second-order valence-corrected chi connectivity index (χ2v) is 7.12. The molecule has 0 fully saturated rings. The topological polar surface area (TPSA) is 47.0 Å². The summed E-state index contributed by atoms with van der Waals surface area (Å²) in [5.41, 5.74) is 0.537.